The number of alkyl halides is 1. The maximum Gasteiger partial charge on any atom is 0.141 e. The first-order chi connectivity index (χ1) is 8.20. The van der Waals surface area contributed by atoms with E-state index in [-0.39, 0.29) is 11.7 Å². The number of aromatic nitrogens is 2. The van der Waals surface area contributed by atoms with Gasteiger partial charge in [-0.2, -0.15) is 0 Å². The molecule has 0 aromatic carbocycles. The minimum absolute atomic E-state index is 0.238. The highest BCUT2D eigenvalue weighted by Crippen LogP contribution is 2.20. The fourth-order valence-electron chi connectivity index (χ4n) is 1.55. The molecule has 17 heavy (non-hydrogen) atoms. The number of anilines is 1. The standard InChI is InChI=1S/C11H11ClFN3S/c1-16(5-10-6-17-7-15-10)11-8(3-12)2-9(13)4-14-11/h2,4,6-7H,3,5H2,1H3. The molecule has 0 fully saturated rings. The van der Waals surface area contributed by atoms with Crippen molar-refractivity contribution in [1.82, 2.24) is 9.97 Å². The molecular formula is C11H11ClFN3S. The van der Waals surface area contributed by atoms with Crippen molar-refractivity contribution < 1.29 is 4.39 Å². The number of halogens is 2. The highest BCUT2D eigenvalue weighted by atomic mass is 35.5. The smallest absolute Gasteiger partial charge is 0.141 e. The Morgan fingerprint density at radius 1 is 1.47 bits per heavy atom. The van der Waals surface area contributed by atoms with E-state index in [1.165, 1.54) is 12.3 Å². The molecule has 0 amide bonds. The predicted octanol–water partition coefficient (Wildman–Crippen LogP) is 3.05. The summed E-state index contributed by atoms with van der Waals surface area (Å²) >= 11 is 7.33. The van der Waals surface area contributed by atoms with E-state index >= 15 is 0 Å². The minimum Gasteiger partial charge on any atom is -0.353 e. The quantitative estimate of drug-likeness (QED) is 0.801. The first kappa shape index (κ1) is 12.3. The minimum atomic E-state index is -0.369. The number of hydrogen-bond donors (Lipinski definition) is 0. The molecule has 0 saturated heterocycles. The summed E-state index contributed by atoms with van der Waals surface area (Å²) in [6.07, 6.45) is 1.20. The van der Waals surface area contributed by atoms with Crippen molar-refractivity contribution in [3.8, 4) is 0 Å². The molecule has 0 saturated carbocycles. The molecule has 0 N–H and O–H groups in total. The maximum absolute atomic E-state index is 13.0. The lowest BCUT2D eigenvalue weighted by Crippen LogP contribution is -2.19. The zero-order valence-corrected chi connectivity index (χ0v) is 10.8. The van der Waals surface area contributed by atoms with Crippen molar-refractivity contribution in [3.63, 3.8) is 0 Å². The van der Waals surface area contributed by atoms with Gasteiger partial charge in [-0.3, -0.25) is 0 Å². The Labute approximate surface area is 108 Å². The van der Waals surface area contributed by atoms with Crippen LogP contribution < -0.4 is 4.90 Å². The van der Waals surface area contributed by atoms with E-state index in [9.17, 15) is 4.39 Å². The summed E-state index contributed by atoms with van der Waals surface area (Å²) in [6.45, 7) is 0.631. The van der Waals surface area contributed by atoms with Gasteiger partial charge >= 0.3 is 0 Å². The molecule has 0 spiro atoms. The van der Waals surface area contributed by atoms with Crippen molar-refractivity contribution >= 4 is 28.8 Å². The van der Waals surface area contributed by atoms with Crippen LogP contribution in [0.3, 0.4) is 0 Å². The average molecular weight is 272 g/mol. The van der Waals surface area contributed by atoms with Gasteiger partial charge in [-0.15, -0.1) is 22.9 Å². The van der Waals surface area contributed by atoms with Crippen LogP contribution in [0, 0.1) is 5.82 Å². The second-order valence-corrected chi connectivity index (χ2v) is 4.59. The summed E-state index contributed by atoms with van der Waals surface area (Å²) in [5.41, 5.74) is 3.43. The Morgan fingerprint density at radius 2 is 2.29 bits per heavy atom. The molecule has 0 unspecified atom stereocenters. The van der Waals surface area contributed by atoms with E-state index < -0.39 is 0 Å². The first-order valence-corrected chi connectivity index (χ1v) is 6.47. The van der Waals surface area contributed by atoms with Crippen molar-refractivity contribution in [1.29, 1.82) is 0 Å². The number of nitrogens with zero attached hydrogens (tertiary/aromatic N) is 3. The molecule has 0 bridgehead atoms. The van der Waals surface area contributed by atoms with Gasteiger partial charge in [0.15, 0.2) is 0 Å². The second kappa shape index (κ2) is 5.42. The van der Waals surface area contributed by atoms with E-state index in [0.717, 1.165) is 5.69 Å². The molecule has 0 aliphatic carbocycles. The number of thiazole rings is 1. The van der Waals surface area contributed by atoms with Crippen molar-refractivity contribution in [2.75, 3.05) is 11.9 Å². The number of rotatable bonds is 4. The van der Waals surface area contributed by atoms with Gasteiger partial charge in [0, 0.05) is 18.0 Å². The van der Waals surface area contributed by atoms with Crippen molar-refractivity contribution in [2.24, 2.45) is 0 Å². The largest absolute Gasteiger partial charge is 0.353 e. The molecule has 2 rings (SSSR count). The molecule has 2 heterocycles. The van der Waals surface area contributed by atoms with Crippen LogP contribution in [0.1, 0.15) is 11.3 Å². The molecule has 3 nitrogen and oxygen atoms in total. The van der Waals surface area contributed by atoms with Crippen molar-refractivity contribution in [3.05, 3.63) is 40.2 Å². The molecule has 0 aliphatic heterocycles. The third-order valence-corrected chi connectivity index (χ3v) is 3.22. The van der Waals surface area contributed by atoms with E-state index in [0.29, 0.717) is 17.9 Å². The summed E-state index contributed by atoms with van der Waals surface area (Å²) in [5, 5.41) is 1.97. The highest BCUT2D eigenvalue weighted by molar-refractivity contribution is 7.07. The van der Waals surface area contributed by atoms with Gasteiger partial charge in [0.1, 0.15) is 11.6 Å². The Balaban J connectivity index is 2.21. The Morgan fingerprint density at radius 3 is 2.94 bits per heavy atom. The van der Waals surface area contributed by atoms with Gasteiger partial charge in [-0.25, -0.2) is 14.4 Å². The Hall–Kier alpha value is -1.20. The summed E-state index contributed by atoms with van der Waals surface area (Å²) in [7, 11) is 1.88. The van der Waals surface area contributed by atoms with Crippen LogP contribution in [0.4, 0.5) is 10.2 Å². The summed E-state index contributed by atoms with van der Waals surface area (Å²) < 4.78 is 13.0. The van der Waals surface area contributed by atoms with Gasteiger partial charge in [-0.05, 0) is 6.07 Å². The van der Waals surface area contributed by atoms with Gasteiger partial charge in [0.05, 0.1) is 29.8 Å². The second-order valence-electron chi connectivity index (χ2n) is 3.61. The SMILES string of the molecule is CN(Cc1cscn1)c1ncc(F)cc1CCl. The van der Waals surface area contributed by atoms with Crippen LogP contribution in [0.25, 0.3) is 0 Å². The van der Waals surface area contributed by atoms with E-state index in [2.05, 4.69) is 9.97 Å². The monoisotopic (exact) mass is 271 g/mol. The van der Waals surface area contributed by atoms with Crippen LogP contribution in [-0.4, -0.2) is 17.0 Å². The lowest BCUT2D eigenvalue weighted by molar-refractivity contribution is 0.619. The lowest BCUT2D eigenvalue weighted by Gasteiger charge is -2.19. The summed E-state index contributed by atoms with van der Waals surface area (Å²) in [6, 6.07) is 1.41. The van der Waals surface area contributed by atoms with Gasteiger partial charge in [0.2, 0.25) is 0 Å². The van der Waals surface area contributed by atoms with E-state index in [4.69, 9.17) is 11.6 Å². The Kier molecular flexibility index (Phi) is 3.91. The lowest BCUT2D eigenvalue weighted by atomic mass is 10.2. The van der Waals surface area contributed by atoms with Crippen LogP contribution in [0.5, 0.6) is 0 Å². The van der Waals surface area contributed by atoms with Crippen LogP contribution in [0.2, 0.25) is 0 Å². The van der Waals surface area contributed by atoms with Crippen LogP contribution >= 0.6 is 22.9 Å². The molecule has 0 aliphatic rings. The first-order valence-electron chi connectivity index (χ1n) is 4.99. The number of hydrogen-bond acceptors (Lipinski definition) is 4. The van der Waals surface area contributed by atoms with Gasteiger partial charge < -0.3 is 4.90 Å². The predicted molar refractivity (Wildman–Crippen MR) is 68.0 cm³/mol. The summed E-state index contributed by atoms with van der Waals surface area (Å²) in [4.78, 5) is 10.2. The van der Waals surface area contributed by atoms with Crippen LogP contribution in [0.15, 0.2) is 23.2 Å². The topological polar surface area (TPSA) is 29.0 Å². The third-order valence-electron chi connectivity index (χ3n) is 2.30. The van der Waals surface area contributed by atoms with Crippen molar-refractivity contribution in [2.45, 2.75) is 12.4 Å². The molecule has 2 aromatic heterocycles. The maximum atomic E-state index is 13.0. The van der Waals surface area contributed by atoms with Gasteiger partial charge in [0.25, 0.3) is 0 Å². The molecule has 0 radical (unpaired) electrons. The molecule has 6 heteroatoms. The highest BCUT2D eigenvalue weighted by Gasteiger charge is 2.11. The number of pyridine rings is 1. The molecule has 2 aromatic rings. The third kappa shape index (κ3) is 2.92. The van der Waals surface area contributed by atoms with E-state index in [1.54, 1.807) is 16.8 Å². The van der Waals surface area contributed by atoms with E-state index in [1.807, 2.05) is 17.3 Å². The zero-order chi connectivity index (χ0) is 12.3. The Bertz CT molecular complexity index is 489. The molecule has 0 atom stereocenters. The fourth-order valence-corrected chi connectivity index (χ4v) is 2.30. The summed E-state index contributed by atoms with van der Waals surface area (Å²) in [5.74, 6) is 0.558. The zero-order valence-electron chi connectivity index (χ0n) is 9.23. The molecule has 90 valence electrons. The molecular weight excluding hydrogens is 261 g/mol. The fraction of sp³-hybridized carbons (Fsp3) is 0.273. The normalized spacial score (nSPS) is 10.5. The van der Waals surface area contributed by atoms with Gasteiger partial charge in [-0.1, -0.05) is 0 Å². The average Bonchev–Trinajstić information content (AvgIpc) is 2.81. The van der Waals surface area contributed by atoms with Crippen LogP contribution in [-0.2, 0) is 12.4 Å².